The first-order chi connectivity index (χ1) is 17.5. The van der Waals surface area contributed by atoms with Crippen LogP contribution >= 0.6 is 34.8 Å². The first kappa shape index (κ1) is 28.6. The molecule has 3 rings (SSSR count). The van der Waals surface area contributed by atoms with Crippen LogP contribution in [0.25, 0.3) is 0 Å². The molecule has 0 saturated heterocycles. The second-order valence-electron chi connectivity index (χ2n) is 7.74. The minimum atomic E-state index is -3.80. The first-order valence-electron chi connectivity index (χ1n) is 10.9. The molecule has 0 radical (unpaired) electrons. The van der Waals surface area contributed by atoms with Gasteiger partial charge in [0.25, 0.3) is 5.91 Å². The number of hydrogen-bond donors (Lipinski definition) is 1. The molecule has 0 spiro atoms. The minimum Gasteiger partial charge on any atom is -0.490 e. The summed E-state index contributed by atoms with van der Waals surface area (Å²) in [6, 6.07) is 16.8. The largest absolute Gasteiger partial charge is 0.490 e. The van der Waals surface area contributed by atoms with Crippen molar-refractivity contribution in [1.29, 1.82) is 0 Å². The van der Waals surface area contributed by atoms with Gasteiger partial charge in [0.2, 0.25) is 10.0 Å². The molecule has 37 heavy (non-hydrogen) atoms. The van der Waals surface area contributed by atoms with Crippen molar-refractivity contribution in [3.63, 3.8) is 0 Å². The van der Waals surface area contributed by atoms with E-state index in [-0.39, 0.29) is 15.7 Å². The first-order valence-corrected chi connectivity index (χ1v) is 13.9. The maximum absolute atomic E-state index is 12.4. The fourth-order valence-corrected chi connectivity index (χ4v) is 4.64. The van der Waals surface area contributed by atoms with E-state index >= 15 is 0 Å². The molecule has 1 N–H and O–H groups in total. The summed E-state index contributed by atoms with van der Waals surface area (Å²) in [7, 11) is -3.80. The van der Waals surface area contributed by atoms with Crippen LogP contribution in [0.3, 0.4) is 0 Å². The van der Waals surface area contributed by atoms with Gasteiger partial charge in [-0.15, -0.1) is 0 Å². The van der Waals surface area contributed by atoms with E-state index in [1.807, 2.05) is 19.1 Å². The Balaban J connectivity index is 1.66. The normalized spacial score (nSPS) is 11.4. The molecule has 0 aliphatic heterocycles. The minimum absolute atomic E-state index is 0.162. The number of rotatable bonds is 11. The highest BCUT2D eigenvalue weighted by Gasteiger charge is 2.21. The molecular weight excluding hydrogens is 561 g/mol. The Morgan fingerprint density at radius 3 is 2.24 bits per heavy atom. The topological polar surface area (TPSA) is 97.3 Å². The van der Waals surface area contributed by atoms with Crippen molar-refractivity contribution in [2.24, 2.45) is 5.10 Å². The third-order valence-corrected chi connectivity index (χ3v) is 6.63. The van der Waals surface area contributed by atoms with E-state index in [9.17, 15) is 13.2 Å². The van der Waals surface area contributed by atoms with Crippen molar-refractivity contribution < 1.29 is 22.7 Å². The highest BCUT2D eigenvalue weighted by Crippen LogP contribution is 2.29. The maximum Gasteiger partial charge on any atom is 0.260 e. The van der Waals surface area contributed by atoms with E-state index in [4.69, 9.17) is 44.3 Å². The summed E-state index contributed by atoms with van der Waals surface area (Å²) < 4.78 is 37.0. The lowest BCUT2D eigenvalue weighted by atomic mass is 10.2. The Bertz CT molecular complexity index is 1360. The number of sulfonamides is 1. The van der Waals surface area contributed by atoms with Crippen molar-refractivity contribution >= 4 is 62.6 Å². The summed E-state index contributed by atoms with van der Waals surface area (Å²) in [5, 5.41) is 5.05. The second-order valence-corrected chi connectivity index (χ2v) is 11.0. The number of hydrogen-bond acceptors (Lipinski definition) is 6. The Morgan fingerprint density at radius 1 is 0.946 bits per heavy atom. The van der Waals surface area contributed by atoms with Gasteiger partial charge in [-0.25, -0.2) is 13.8 Å². The highest BCUT2D eigenvalue weighted by atomic mass is 35.5. The zero-order chi connectivity index (χ0) is 27.0. The standard InChI is InChI=1S/C25H24Cl3N3O5S/c1-3-35-24-10-18(6-9-23(24)36-16-17-4-7-19(26)8-5-17)14-29-30-25(32)15-31(37(2,33)34)22-12-20(27)11-21(28)13-22/h4-14H,3,15-16H2,1-2H3,(H,30,32)/b29-14-. The number of halogens is 3. The number of nitrogens with one attached hydrogen (secondary N) is 1. The molecule has 12 heteroatoms. The summed E-state index contributed by atoms with van der Waals surface area (Å²) >= 11 is 17.9. The average molecular weight is 585 g/mol. The third-order valence-electron chi connectivity index (χ3n) is 4.80. The van der Waals surface area contributed by atoms with Crippen molar-refractivity contribution in [2.75, 3.05) is 23.7 Å². The Labute approximate surface area is 230 Å². The van der Waals surface area contributed by atoms with Gasteiger partial charge in [0.05, 0.1) is 24.8 Å². The summed E-state index contributed by atoms with van der Waals surface area (Å²) in [6.45, 7) is 2.08. The fourth-order valence-electron chi connectivity index (χ4n) is 3.16. The van der Waals surface area contributed by atoms with Crippen molar-refractivity contribution in [1.82, 2.24) is 5.43 Å². The molecule has 0 fully saturated rings. The van der Waals surface area contributed by atoms with Crippen molar-refractivity contribution in [3.8, 4) is 11.5 Å². The van der Waals surface area contributed by atoms with Crippen molar-refractivity contribution in [2.45, 2.75) is 13.5 Å². The number of carbonyl (C=O) groups excluding carboxylic acids is 1. The predicted octanol–water partition coefficient (Wildman–Crippen LogP) is 5.54. The van der Waals surface area contributed by atoms with E-state index < -0.39 is 22.5 Å². The average Bonchev–Trinajstić information content (AvgIpc) is 2.82. The number of carbonyl (C=O) groups is 1. The van der Waals surface area contributed by atoms with Gasteiger partial charge in [0.15, 0.2) is 11.5 Å². The van der Waals surface area contributed by atoms with Crippen LogP contribution in [0.1, 0.15) is 18.1 Å². The van der Waals surface area contributed by atoms with Gasteiger partial charge in [-0.1, -0.05) is 46.9 Å². The van der Waals surface area contributed by atoms with Gasteiger partial charge in [0, 0.05) is 15.1 Å². The molecule has 196 valence electrons. The Morgan fingerprint density at radius 2 is 1.62 bits per heavy atom. The lowest BCUT2D eigenvalue weighted by molar-refractivity contribution is -0.119. The van der Waals surface area contributed by atoms with E-state index in [0.717, 1.165) is 16.1 Å². The van der Waals surface area contributed by atoms with Gasteiger partial charge < -0.3 is 9.47 Å². The number of amides is 1. The lowest BCUT2D eigenvalue weighted by Crippen LogP contribution is -2.39. The quantitative estimate of drug-likeness (QED) is 0.236. The van der Waals surface area contributed by atoms with Crippen LogP contribution in [0.4, 0.5) is 5.69 Å². The molecule has 0 bridgehead atoms. The van der Waals surface area contributed by atoms with E-state index in [1.165, 1.54) is 24.4 Å². The van der Waals surface area contributed by atoms with E-state index in [1.54, 1.807) is 30.3 Å². The number of nitrogens with zero attached hydrogens (tertiary/aromatic N) is 2. The smallest absolute Gasteiger partial charge is 0.260 e. The molecule has 0 aromatic heterocycles. The second kappa shape index (κ2) is 13.0. The maximum atomic E-state index is 12.4. The number of anilines is 1. The number of ether oxygens (including phenoxy) is 2. The molecule has 0 saturated carbocycles. The molecule has 0 aliphatic rings. The molecule has 3 aromatic carbocycles. The van der Waals surface area contributed by atoms with Gasteiger partial charge >= 0.3 is 0 Å². The lowest BCUT2D eigenvalue weighted by Gasteiger charge is -2.21. The van der Waals surface area contributed by atoms with Gasteiger partial charge in [-0.3, -0.25) is 9.10 Å². The van der Waals surface area contributed by atoms with Gasteiger partial charge in [-0.05, 0) is 66.6 Å². The van der Waals surface area contributed by atoms with E-state index in [2.05, 4.69) is 10.5 Å². The van der Waals surface area contributed by atoms with Gasteiger partial charge in [-0.2, -0.15) is 5.10 Å². The van der Waals surface area contributed by atoms with Crippen LogP contribution in [-0.2, 0) is 21.4 Å². The molecule has 1 amide bonds. The Kier molecular flexibility index (Phi) is 10.0. The van der Waals surface area contributed by atoms with Gasteiger partial charge in [0.1, 0.15) is 13.2 Å². The molecule has 0 atom stereocenters. The molecule has 0 unspecified atom stereocenters. The van der Waals surface area contributed by atoms with Crippen LogP contribution in [-0.4, -0.2) is 39.9 Å². The van der Waals surface area contributed by atoms with Crippen LogP contribution in [0.15, 0.2) is 65.8 Å². The molecule has 8 nitrogen and oxygen atoms in total. The number of hydrazone groups is 1. The zero-order valence-corrected chi connectivity index (χ0v) is 23.0. The van der Waals surface area contributed by atoms with Crippen LogP contribution in [0.5, 0.6) is 11.5 Å². The summed E-state index contributed by atoms with van der Waals surface area (Å²) in [5.74, 6) is 0.389. The molecule has 0 aliphatic carbocycles. The molecule has 0 heterocycles. The third kappa shape index (κ3) is 8.82. The zero-order valence-electron chi connectivity index (χ0n) is 19.9. The van der Waals surface area contributed by atoms with Crippen LogP contribution < -0.4 is 19.2 Å². The summed E-state index contributed by atoms with van der Waals surface area (Å²) in [6.07, 6.45) is 2.38. The predicted molar refractivity (Wildman–Crippen MR) is 148 cm³/mol. The SMILES string of the molecule is CCOc1cc(/C=N\NC(=O)CN(c2cc(Cl)cc(Cl)c2)S(C)(=O)=O)ccc1OCc1ccc(Cl)cc1. The van der Waals surface area contributed by atoms with Crippen LogP contribution in [0.2, 0.25) is 15.1 Å². The van der Waals surface area contributed by atoms with Crippen molar-refractivity contribution in [3.05, 3.63) is 86.9 Å². The van der Waals surface area contributed by atoms with Crippen LogP contribution in [0, 0.1) is 0 Å². The Hall–Kier alpha value is -2.98. The summed E-state index contributed by atoms with van der Waals surface area (Å²) in [4.78, 5) is 12.4. The highest BCUT2D eigenvalue weighted by molar-refractivity contribution is 7.92. The summed E-state index contributed by atoms with van der Waals surface area (Å²) in [5.41, 5.74) is 4.06. The molecule has 3 aromatic rings. The number of benzene rings is 3. The fraction of sp³-hybridized carbons (Fsp3) is 0.200. The molecular formula is C25H24Cl3N3O5S. The monoisotopic (exact) mass is 583 g/mol. The van der Waals surface area contributed by atoms with E-state index in [0.29, 0.717) is 35.3 Å².